The van der Waals surface area contributed by atoms with Gasteiger partial charge in [-0.3, -0.25) is 4.79 Å². The van der Waals surface area contributed by atoms with Crippen molar-refractivity contribution in [2.75, 3.05) is 33.0 Å². The first kappa shape index (κ1) is 14.8. The lowest BCUT2D eigenvalue weighted by Crippen LogP contribution is -2.24. The maximum atomic E-state index is 11.3. The first-order chi connectivity index (χ1) is 8.99. The zero-order valence-corrected chi connectivity index (χ0v) is 11.1. The van der Waals surface area contributed by atoms with Crippen LogP contribution in [0.15, 0.2) is 24.3 Å². The molecule has 1 aromatic carbocycles. The number of hydrogen-bond acceptors (Lipinski definition) is 5. The smallest absolute Gasteiger partial charge is 0.344 e. The van der Waals surface area contributed by atoms with Crippen molar-refractivity contribution in [2.45, 2.75) is 6.42 Å². The van der Waals surface area contributed by atoms with Crippen LogP contribution in [0.25, 0.3) is 0 Å². The number of carbonyl (C=O) groups is 2. The Balaban J connectivity index is 2.21. The molecule has 0 aliphatic heterocycles. The summed E-state index contributed by atoms with van der Waals surface area (Å²) >= 11 is 0. The van der Waals surface area contributed by atoms with Gasteiger partial charge in [0.2, 0.25) is 5.91 Å². The summed E-state index contributed by atoms with van der Waals surface area (Å²) in [5.41, 5.74) is 6.14. The SMILES string of the molecule is CN(C)C(=O)CCOC(=O)COc1ccc(N)cc1. The number of esters is 1. The normalized spacial score (nSPS) is 9.79. The van der Waals surface area contributed by atoms with Crippen LogP contribution >= 0.6 is 0 Å². The van der Waals surface area contributed by atoms with Crippen LogP contribution in [0.4, 0.5) is 5.69 Å². The van der Waals surface area contributed by atoms with Gasteiger partial charge in [-0.2, -0.15) is 0 Å². The number of anilines is 1. The lowest BCUT2D eigenvalue weighted by molar-refractivity contribution is -0.147. The maximum absolute atomic E-state index is 11.3. The van der Waals surface area contributed by atoms with Crippen LogP contribution in [0.1, 0.15) is 6.42 Å². The van der Waals surface area contributed by atoms with E-state index in [9.17, 15) is 9.59 Å². The molecule has 104 valence electrons. The molecule has 1 rings (SSSR count). The zero-order valence-electron chi connectivity index (χ0n) is 11.1. The van der Waals surface area contributed by atoms with Crippen LogP contribution in [0.3, 0.4) is 0 Å². The van der Waals surface area contributed by atoms with Gasteiger partial charge in [-0.05, 0) is 24.3 Å². The molecule has 0 aromatic heterocycles. The molecule has 0 aliphatic carbocycles. The van der Waals surface area contributed by atoms with E-state index in [2.05, 4.69) is 0 Å². The van der Waals surface area contributed by atoms with Crippen molar-refractivity contribution in [1.82, 2.24) is 4.90 Å². The second kappa shape index (κ2) is 7.25. The minimum atomic E-state index is -0.511. The van der Waals surface area contributed by atoms with E-state index in [-0.39, 0.29) is 25.5 Å². The van der Waals surface area contributed by atoms with Gasteiger partial charge < -0.3 is 20.1 Å². The summed E-state index contributed by atoms with van der Waals surface area (Å²) in [4.78, 5) is 24.0. The summed E-state index contributed by atoms with van der Waals surface area (Å²) in [7, 11) is 3.29. The number of hydrogen-bond donors (Lipinski definition) is 1. The first-order valence-corrected chi connectivity index (χ1v) is 5.83. The van der Waals surface area contributed by atoms with Gasteiger partial charge in [0, 0.05) is 19.8 Å². The summed E-state index contributed by atoms with van der Waals surface area (Å²) in [5, 5.41) is 0. The summed E-state index contributed by atoms with van der Waals surface area (Å²) in [6, 6.07) is 6.68. The van der Waals surface area contributed by atoms with Gasteiger partial charge >= 0.3 is 5.97 Å². The molecular formula is C13H18N2O4. The molecule has 6 heteroatoms. The number of carbonyl (C=O) groups excluding carboxylic acids is 2. The van der Waals surface area contributed by atoms with Crippen LogP contribution in [0, 0.1) is 0 Å². The van der Waals surface area contributed by atoms with Crippen LogP contribution in [0.2, 0.25) is 0 Å². The quantitative estimate of drug-likeness (QED) is 0.604. The van der Waals surface area contributed by atoms with Gasteiger partial charge in [-0.15, -0.1) is 0 Å². The van der Waals surface area contributed by atoms with Crippen molar-refractivity contribution in [3.05, 3.63) is 24.3 Å². The average molecular weight is 266 g/mol. The Morgan fingerprint density at radius 3 is 2.42 bits per heavy atom. The average Bonchev–Trinajstić information content (AvgIpc) is 2.37. The van der Waals surface area contributed by atoms with E-state index in [4.69, 9.17) is 15.2 Å². The van der Waals surface area contributed by atoms with Crippen LogP contribution < -0.4 is 10.5 Å². The molecule has 1 aromatic rings. The van der Waals surface area contributed by atoms with Gasteiger partial charge in [-0.25, -0.2) is 4.79 Å². The van der Waals surface area contributed by atoms with Crippen LogP contribution in [0.5, 0.6) is 5.75 Å². The molecule has 0 saturated carbocycles. The Bertz CT molecular complexity index is 429. The molecule has 19 heavy (non-hydrogen) atoms. The summed E-state index contributed by atoms with van der Waals surface area (Å²) < 4.78 is 10.1. The summed E-state index contributed by atoms with van der Waals surface area (Å²) in [6.07, 6.45) is 0.167. The van der Waals surface area contributed by atoms with Crippen LogP contribution in [-0.2, 0) is 14.3 Å². The minimum Gasteiger partial charge on any atom is -0.482 e. The Kier molecular flexibility index (Phi) is 5.66. The number of ether oxygens (including phenoxy) is 2. The van der Waals surface area contributed by atoms with E-state index in [0.29, 0.717) is 11.4 Å². The van der Waals surface area contributed by atoms with Crippen LogP contribution in [-0.4, -0.2) is 44.1 Å². The molecule has 0 heterocycles. The van der Waals surface area contributed by atoms with Crippen molar-refractivity contribution < 1.29 is 19.1 Å². The van der Waals surface area contributed by atoms with Gasteiger partial charge in [0.25, 0.3) is 0 Å². The van der Waals surface area contributed by atoms with Crippen molar-refractivity contribution in [3.8, 4) is 5.75 Å². The number of nitrogens with two attached hydrogens (primary N) is 1. The third-order valence-electron chi connectivity index (χ3n) is 2.31. The number of benzene rings is 1. The van der Waals surface area contributed by atoms with E-state index < -0.39 is 5.97 Å². The van der Waals surface area contributed by atoms with E-state index in [1.165, 1.54) is 4.90 Å². The Morgan fingerprint density at radius 1 is 1.21 bits per heavy atom. The van der Waals surface area contributed by atoms with Gasteiger partial charge in [0.05, 0.1) is 6.42 Å². The highest BCUT2D eigenvalue weighted by Crippen LogP contribution is 2.12. The monoisotopic (exact) mass is 266 g/mol. The Labute approximate surface area is 112 Å². The molecule has 0 atom stereocenters. The highest BCUT2D eigenvalue weighted by molar-refractivity contribution is 5.76. The lowest BCUT2D eigenvalue weighted by Gasteiger charge is -2.10. The predicted molar refractivity (Wildman–Crippen MR) is 70.6 cm³/mol. The van der Waals surface area contributed by atoms with Gasteiger partial charge in [0.1, 0.15) is 12.4 Å². The van der Waals surface area contributed by atoms with Gasteiger partial charge in [-0.1, -0.05) is 0 Å². The fraction of sp³-hybridized carbons (Fsp3) is 0.385. The number of amides is 1. The standard InChI is InChI=1S/C13H18N2O4/c1-15(2)12(16)7-8-18-13(17)9-19-11-5-3-10(14)4-6-11/h3-6H,7-9,14H2,1-2H3. The second-order valence-corrected chi connectivity index (χ2v) is 4.12. The third-order valence-corrected chi connectivity index (χ3v) is 2.31. The van der Waals surface area contributed by atoms with Crippen molar-refractivity contribution in [1.29, 1.82) is 0 Å². The van der Waals surface area contributed by atoms with E-state index >= 15 is 0 Å². The molecule has 2 N–H and O–H groups in total. The highest BCUT2D eigenvalue weighted by Gasteiger charge is 2.07. The predicted octanol–water partition coefficient (Wildman–Crippen LogP) is 0.669. The molecule has 0 saturated heterocycles. The molecule has 0 fully saturated rings. The first-order valence-electron chi connectivity index (χ1n) is 5.83. The van der Waals surface area contributed by atoms with Crippen molar-refractivity contribution in [3.63, 3.8) is 0 Å². The molecular weight excluding hydrogens is 248 g/mol. The molecule has 0 unspecified atom stereocenters. The number of rotatable bonds is 6. The molecule has 0 spiro atoms. The maximum Gasteiger partial charge on any atom is 0.344 e. The Morgan fingerprint density at radius 2 is 1.84 bits per heavy atom. The van der Waals surface area contributed by atoms with E-state index in [1.54, 1.807) is 38.4 Å². The molecule has 0 aliphatic rings. The van der Waals surface area contributed by atoms with E-state index in [1.807, 2.05) is 0 Å². The molecule has 6 nitrogen and oxygen atoms in total. The van der Waals surface area contributed by atoms with Gasteiger partial charge in [0.15, 0.2) is 6.61 Å². The van der Waals surface area contributed by atoms with E-state index in [0.717, 1.165) is 0 Å². The summed E-state index contributed by atoms with van der Waals surface area (Å²) in [5.74, 6) is -0.0637. The molecule has 1 amide bonds. The molecule has 0 radical (unpaired) electrons. The third kappa shape index (κ3) is 5.76. The highest BCUT2D eigenvalue weighted by atomic mass is 16.6. The lowest BCUT2D eigenvalue weighted by atomic mass is 10.3. The second-order valence-electron chi connectivity index (χ2n) is 4.12. The fourth-order valence-corrected chi connectivity index (χ4v) is 1.22. The number of nitrogen functional groups attached to an aromatic ring is 1. The van der Waals surface area contributed by atoms with Crippen molar-refractivity contribution >= 4 is 17.6 Å². The molecule has 0 bridgehead atoms. The topological polar surface area (TPSA) is 81.9 Å². The fourth-order valence-electron chi connectivity index (χ4n) is 1.22. The summed E-state index contributed by atoms with van der Waals surface area (Å²) in [6.45, 7) is -0.138. The number of nitrogens with zero attached hydrogens (tertiary/aromatic N) is 1. The Hall–Kier alpha value is -2.24. The minimum absolute atomic E-state index is 0.0565. The van der Waals surface area contributed by atoms with Crippen molar-refractivity contribution in [2.24, 2.45) is 0 Å². The largest absolute Gasteiger partial charge is 0.482 e. The zero-order chi connectivity index (χ0) is 14.3.